The molecule has 0 bridgehead atoms. The molecule has 3 unspecified atom stereocenters. The van der Waals surface area contributed by atoms with E-state index in [9.17, 15) is 22.8 Å². The topological polar surface area (TPSA) is 150 Å². The number of pyridine rings is 1. The third-order valence-electron chi connectivity index (χ3n) is 9.72. The van der Waals surface area contributed by atoms with Gasteiger partial charge < -0.3 is 19.7 Å². The van der Waals surface area contributed by atoms with Gasteiger partial charge in [-0.15, -0.1) is 0 Å². The van der Waals surface area contributed by atoms with Gasteiger partial charge in [0.15, 0.2) is 15.6 Å². The number of aromatic nitrogens is 3. The normalized spacial score (nSPS) is 24.7. The summed E-state index contributed by atoms with van der Waals surface area (Å²) in [6.45, 7) is 9.98. The second-order valence-electron chi connectivity index (χ2n) is 13.5. The smallest absolute Gasteiger partial charge is 0.248 e. The minimum absolute atomic E-state index is 0.0383. The zero-order valence-corrected chi connectivity index (χ0v) is 28.9. The van der Waals surface area contributed by atoms with Crippen LogP contribution < -0.4 is 10.1 Å². The third kappa shape index (κ3) is 6.06. The number of likely N-dealkylation sites (tertiary alicyclic amines) is 1. The number of rotatable bonds is 11. The van der Waals surface area contributed by atoms with Gasteiger partial charge in [0.25, 0.3) is 0 Å². The molecule has 3 aliphatic rings. The number of Topliss-reactive ketones (excluding diaryl/α,β-unsaturated/α-hetero) is 1. The van der Waals surface area contributed by atoms with Crippen molar-refractivity contribution in [3.63, 3.8) is 0 Å². The van der Waals surface area contributed by atoms with Gasteiger partial charge in [0.2, 0.25) is 11.8 Å². The van der Waals surface area contributed by atoms with Crippen LogP contribution in [0.1, 0.15) is 50.2 Å². The quantitative estimate of drug-likeness (QED) is 0.231. The Morgan fingerprint density at radius 3 is 2.59 bits per heavy atom. The summed E-state index contributed by atoms with van der Waals surface area (Å²) < 4.78 is 38.2. The molecular formula is C32H38BrN5O7S. The number of anilines is 1. The molecule has 3 aromatic rings. The van der Waals surface area contributed by atoms with E-state index in [0.717, 1.165) is 5.56 Å². The monoisotopic (exact) mass is 715 g/mol. The molecule has 1 aromatic carbocycles. The van der Waals surface area contributed by atoms with Crippen molar-refractivity contribution in [2.45, 2.75) is 59.7 Å². The number of amides is 2. The predicted molar refractivity (Wildman–Crippen MR) is 174 cm³/mol. The van der Waals surface area contributed by atoms with Crippen LogP contribution in [0.15, 0.2) is 34.9 Å². The Labute approximate surface area is 276 Å². The third-order valence-corrected chi connectivity index (χ3v) is 12.1. The highest BCUT2D eigenvalue weighted by atomic mass is 79.9. The standard InChI is InChI=1S/C32H38BrN5O7S/c1-18-6-9-25(33)34-29(18)35-30(41)24-13-32(5)19(2)28(32)38(24)26(40)14-37-23-8-7-21(12-22(23)27(36-37)20(3)39)45-10-11-46(42,43)17-31(4)15-44-16-31/h6-9,12,19,24,28H,10-11,13-17H2,1-5H3,(H,34,35,41)/t19?,24?,28?,32-/m1/s1. The van der Waals surface area contributed by atoms with Crippen LogP contribution in [0, 0.1) is 23.7 Å². The fourth-order valence-corrected chi connectivity index (χ4v) is 9.00. The van der Waals surface area contributed by atoms with E-state index in [-0.39, 0.29) is 70.7 Å². The van der Waals surface area contributed by atoms with Crippen molar-refractivity contribution in [1.29, 1.82) is 0 Å². The van der Waals surface area contributed by atoms with Crippen molar-refractivity contribution < 1.29 is 32.3 Å². The minimum Gasteiger partial charge on any atom is -0.493 e. The number of fused-ring (bicyclic) bond motifs is 2. The molecule has 2 aromatic heterocycles. The average molecular weight is 717 g/mol. The number of carbonyl (C=O) groups is 3. The van der Waals surface area contributed by atoms with Crippen LogP contribution in [0.5, 0.6) is 5.75 Å². The molecular weight excluding hydrogens is 678 g/mol. The Kier molecular flexibility index (Phi) is 8.29. The molecule has 1 aliphatic carbocycles. The van der Waals surface area contributed by atoms with Crippen molar-refractivity contribution in [3.05, 3.63) is 46.2 Å². The van der Waals surface area contributed by atoms with Crippen molar-refractivity contribution in [2.75, 3.05) is 36.6 Å². The maximum atomic E-state index is 14.0. The minimum atomic E-state index is -3.35. The summed E-state index contributed by atoms with van der Waals surface area (Å²) in [5, 5.41) is 7.90. The first-order valence-electron chi connectivity index (χ1n) is 15.3. The molecule has 1 saturated carbocycles. The van der Waals surface area contributed by atoms with E-state index in [1.807, 2.05) is 19.9 Å². The van der Waals surface area contributed by atoms with Gasteiger partial charge in [0.05, 0.1) is 30.2 Å². The number of halogens is 1. The molecule has 46 heavy (non-hydrogen) atoms. The number of piperidine rings is 1. The molecule has 0 spiro atoms. The lowest BCUT2D eigenvalue weighted by atomic mass is 9.92. The number of carbonyl (C=O) groups excluding carboxylic acids is 3. The lowest BCUT2D eigenvalue weighted by Crippen LogP contribution is -2.47. The predicted octanol–water partition coefficient (Wildman–Crippen LogP) is 3.80. The van der Waals surface area contributed by atoms with Crippen LogP contribution in [0.2, 0.25) is 0 Å². The number of hydrogen-bond acceptors (Lipinski definition) is 9. The molecule has 6 rings (SSSR count). The van der Waals surface area contributed by atoms with E-state index >= 15 is 0 Å². The molecule has 2 amide bonds. The van der Waals surface area contributed by atoms with Crippen molar-refractivity contribution in [3.8, 4) is 5.75 Å². The lowest BCUT2D eigenvalue weighted by Gasteiger charge is -2.37. The van der Waals surface area contributed by atoms with Gasteiger partial charge in [-0.3, -0.25) is 19.1 Å². The molecule has 2 saturated heterocycles. The van der Waals surface area contributed by atoms with E-state index in [1.54, 1.807) is 29.2 Å². The van der Waals surface area contributed by atoms with Gasteiger partial charge in [-0.1, -0.05) is 26.8 Å². The lowest BCUT2D eigenvalue weighted by molar-refractivity contribution is -0.138. The molecule has 4 atom stereocenters. The molecule has 246 valence electrons. The van der Waals surface area contributed by atoms with Gasteiger partial charge >= 0.3 is 0 Å². The number of hydrogen-bond donors (Lipinski definition) is 1. The maximum Gasteiger partial charge on any atom is 0.248 e. The first kappa shape index (κ1) is 32.6. The van der Waals surface area contributed by atoms with Crippen LogP contribution in [0.25, 0.3) is 10.9 Å². The largest absolute Gasteiger partial charge is 0.493 e. The summed E-state index contributed by atoms with van der Waals surface area (Å²) in [7, 11) is -3.35. The highest BCUT2D eigenvalue weighted by Crippen LogP contribution is 2.64. The number of sulfone groups is 1. The van der Waals surface area contributed by atoms with E-state index in [4.69, 9.17) is 9.47 Å². The Balaban J connectivity index is 1.19. The number of nitrogens with zero attached hydrogens (tertiary/aromatic N) is 4. The summed E-state index contributed by atoms with van der Waals surface area (Å²) in [4.78, 5) is 46.2. The summed E-state index contributed by atoms with van der Waals surface area (Å²) in [5.74, 6) is 0.110. The highest BCUT2D eigenvalue weighted by molar-refractivity contribution is 9.10. The number of aryl methyl sites for hydroxylation is 1. The van der Waals surface area contributed by atoms with Crippen molar-refractivity contribution >= 4 is 60.1 Å². The summed E-state index contributed by atoms with van der Waals surface area (Å²) in [5.41, 5.74) is 1.01. The molecule has 1 N–H and O–H groups in total. The first-order chi connectivity index (χ1) is 21.6. The molecule has 12 nitrogen and oxygen atoms in total. The second kappa shape index (κ2) is 11.7. The Bertz CT molecular complexity index is 1860. The Morgan fingerprint density at radius 1 is 1.17 bits per heavy atom. The van der Waals surface area contributed by atoms with E-state index in [2.05, 4.69) is 45.2 Å². The fraction of sp³-hybridized carbons (Fsp3) is 0.531. The molecule has 4 heterocycles. The van der Waals surface area contributed by atoms with Crippen LogP contribution >= 0.6 is 15.9 Å². The number of ether oxygens (including phenoxy) is 2. The first-order valence-corrected chi connectivity index (χ1v) is 17.9. The number of nitrogens with one attached hydrogen (secondary N) is 1. The van der Waals surface area contributed by atoms with Crippen molar-refractivity contribution in [2.24, 2.45) is 16.7 Å². The van der Waals surface area contributed by atoms with E-state index < -0.39 is 15.9 Å². The fourth-order valence-electron chi connectivity index (χ4n) is 6.98. The van der Waals surface area contributed by atoms with Crippen LogP contribution in [-0.4, -0.2) is 89.1 Å². The maximum absolute atomic E-state index is 14.0. The number of ketones is 1. The molecule has 0 radical (unpaired) electrons. The molecule has 14 heteroatoms. The van der Waals surface area contributed by atoms with Gasteiger partial charge in [-0.05, 0) is 70.4 Å². The zero-order valence-electron chi connectivity index (χ0n) is 26.5. The molecule has 3 fully saturated rings. The van der Waals surface area contributed by atoms with Gasteiger partial charge in [0.1, 0.15) is 41.1 Å². The van der Waals surface area contributed by atoms with Crippen LogP contribution in [0.3, 0.4) is 0 Å². The average Bonchev–Trinajstić information content (AvgIpc) is 3.24. The SMILES string of the molecule is CC(=O)c1nn(CC(=O)N2C(C(=O)Nc3nc(Br)ccc3C)C[C@]3(C)C(C)C23)c2ccc(OCCS(=O)(=O)CC3(C)COC3)cc12. The molecule has 2 aliphatic heterocycles. The number of benzene rings is 1. The van der Waals surface area contributed by atoms with Gasteiger partial charge in [0, 0.05) is 23.8 Å². The summed E-state index contributed by atoms with van der Waals surface area (Å²) in [6.07, 6.45) is 0.533. The van der Waals surface area contributed by atoms with Gasteiger partial charge in [-0.25, -0.2) is 13.4 Å². The van der Waals surface area contributed by atoms with E-state index in [1.165, 1.54) is 11.6 Å². The summed E-state index contributed by atoms with van der Waals surface area (Å²) in [6, 6.07) is 7.91. The van der Waals surface area contributed by atoms with Crippen molar-refractivity contribution in [1.82, 2.24) is 19.7 Å². The second-order valence-corrected chi connectivity index (χ2v) is 16.5. The van der Waals surface area contributed by atoms with E-state index in [0.29, 0.717) is 46.7 Å². The Morgan fingerprint density at radius 2 is 1.91 bits per heavy atom. The van der Waals surface area contributed by atoms with Crippen LogP contribution in [0.4, 0.5) is 5.82 Å². The van der Waals surface area contributed by atoms with Gasteiger partial charge in [-0.2, -0.15) is 5.10 Å². The highest BCUT2D eigenvalue weighted by Gasteiger charge is 2.70. The zero-order chi connectivity index (χ0) is 33.2. The Hall–Kier alpha value is -3.36. The van der Waals surface area contributed by atoms with Crippen LogP contribution in [-0.2, 0) is 30.7 Å². The summed E-state index contributed by atoms with van der Waals surface area (Å²) >= 11 is 3.35.